The van der Waals surface area contributed by atoms with E-state index < -0.39 is 11.4 Å². The molecule has 0 bridgehead atoms. The fourth-order valence-corrected chi connectivity index (χ4v) is 2.77. The molecule has 8 heteroatoms. The van der Waals surface area contributed by atoms with E-state index in [-0.39, 0.29) is 11.7 Å². The topological polar surface area (TPSA) is 84.2 Å². The minimum absolute atomic E-state index is 0.203. The fourth-order valence-electron chi connectivity index (χ4n) is 2.77. The van der Waals surface area contributed by atoms with Crippen molar-refractivity contribution >= 4 is 11.7 Å². The maximum Gasteiger partial charge on any atom is 0.223 e. The molecule has 0 aliphatic carbocycles. The van der Waals surface area contributed by atoms with E-state index in [1.54, 1.807) is 17.9 Å². The van der Waals surface area contributed by atoms with Crippen LogP contribution in [0.15, 0.2) is 22.9 Å². The van der Waals surface area contributed by atoms with Gasteiger partial charge >= 0.3 is 0 Å². The molecule has 1 amide bonds. The first-order valence-electron chi connectivity index (χ1n) is 6.95. The largest absolute Gasteiger partial charge is 0.351 e. The number of amides is 1. The monoisotopic (exact) mass is 305 g/mol. The summed E-state index contributed by atoms with van der Waals surface area (Å²) < 4.78 is 18.9. The second kappa shape index (κ2) is 5.36. The first-order valence-corrected chi connectivity index (χ1v) is 6.95. The minimum atomic E-state index is -0.798. The van der Waals surface area contributed by atoms with Crippen LogP contribution in [0, 0.1) is 12.7 Å². The minimum Gasteiger partial charge on any atom is -0.351 e. The van der Waals surface area contributed by atoms with E-state index in [0.29, 0.717) is 31.2 Å². The molecular formula is C14H16FN5O2. The summed E-state index contributed by atoms with van der Waals surface area (Å²) in [5.74, 6) is 0.479. The van der Waals surface area contributed by atoms with E-state index in [1.807, 2.05) is 0 Å². The third-order valence-corrected chi connectivity index (χ3v) is 3.68. The molecule has 0 aromatic carbocycles. The zero-order valence-electron chi connectivity index (χ0n) is 12.3. The molecule has 22 heavy (non-hydrogen) atoms. The Bertz CT molecular complexity index is 704. The number of hydrogen-bond acceptors (Lipinski definition) is 6. The van der Waals surface area contributed by atoms with Gasteiger partial charge in [0.15, 0.2) is 17.5 Å². The van der Waals surface area contributed by atoms with Gasteiger partial charge in [0, 0.05) is 26.6 Å². The lowest BCUT2D eigenvalue weighted by Crippen LogP contribution is -2.48. The molecule has 1 fully saturated rings. The second-order valence-corrected chi connectivity index (χ2v) is 5.38. The van der Waals surface area contributed by atoms with Gasteiger partial charge in [-0.2, -0.15) is 4.98 Å². The highest BCUT2D eigenvalue weighted by molar-refractivity contribution is 5.74. The number of anilines is 1. The van der Waals surface area contributed by atoms with Crippen molar-refractivity contribution in [1.29, 1.82) is 0 Å². The molecule has 1 saturated heterocycles. The molecule has 3 rings (SSSR count). The van der Waals surface area contributed by atoms with Gasteiger partial charge in [0.05, 0.1) is 6.54 Å². The van der Waals surface area contributed by atoms with E-state index in [9.17, 15) is 9.18 Å². The molecule has 116 valence electrons. The molecular weight excluding hydrogens is 289 g/mol. The SMILES string of the molecule is CC(=O)NC1(c2noc(C)n2)CCN(c2ncccc2F)C1. The summed E-state index contributed by atoms with van der Waals surface area (Å²) in [7, 11) is 0. The van der Waals surface area contributed by atoms with Gasteiger partial charge in [0.25, 0.3) is 0 Å². The molecule has 1 aliphatic heterocycles. The predicted molar refractivity (Wildman–Crippen MR) is 75.6 cm³/mol. The molecule has 1 unspecified atom stereocenters. The van der Waals surface area contributed by atoms with Gasteiger partial charge in [-0.15, -0.1) is 0 Å². The van der Waals surface area contributed by atoms with Crippen LogP contribution in [0.1, 0.15) is 25.1 Å². The van der Waals surface area contributed by atoms with Gasteiger partial charge in [0.1, 0.15) is 5.54 Å². The van der Waals surface area contributed by atoms with Gasteiger partial charge in [-0.3, -0.25) is 4.79 Å². The molecule has 1 aliphatic rings. The number of nitrogens with one attached hydrogen (secondary N) is 1. The summed E-state index contributed by atoms with van der Waals surface area (Å²) in [5, 5.41) is 6.82. The number of pyridine rings is 1. The maximum absolute atomic E-state index is 13.9. The van der Waals surface area contributed by atoms with E-state index >= 15 is 0 Å². The quantitative estimate of drug-likeness (QED) is 0.916. The molecule has 0 spiro atoms. The van der Waals surface area contributed by atoms with Crippen LogP contribution < -0.4 is 10.2 Å². The molecule has 7 nitrogen and oxygen atoms in total. The van der Waals surface area contributed by atoms with Crippen molar-refractivity contribution < 1.29 is 13.7 Å². The molecule has 0 saturated carbocycles. The van der Waals surface area contributed by atoms with Crippen molar-refractivity contribution in [1.82, 2.24) is 20.4 Å². The summed E-state index contributed by atoms with van der Waals surface area (Å²) in [6.45, 7) is 3.98. The first-order chi connectivity index (χ1) is 10.5. The Hall–Kier alpha value is -2.51. The van der Waals surface area contributed by atoms with Gasteiger partial charge < -0.3 is 14.7 Å². The maximum atomic E-state index is 13.9. The molecule has 2 aromatic rings. The average molecular weight is 305 g/mol. The van der Waals surface area contributed by atoms with Crippen LogP contribution >= 0.6 is 0 Å². The number of aryl methyl sites for hydroxylation is 1. The lowest BCUT2D eigenvalue weighted by Gasteiger charge is -2.27. The number of hydrogen-bond donors (Lipinski definition) is 1. The van der Waals surface area contributed by atoms with Gasteiger partial charge in [-0.05, 0) is 18.6 Å². The summed E-state index contributed by atoms with van der Waals surface area (Å²) in [4.78, 5) is 21.7. The summed E-state index contributed by atoms with van der Waals surface area (Å²) >= 11 is 0. The third-order valence-electron chi connectivity index (χ3n) is 3.68. The van der Waals surface area contributed by atoms with Crippen molar-refractivity contribution in [2.24, 2.45) is 0 Å². The zero-order chi connectivity index (χ0) is 15.7. The van der Waals surface area contributed by atoms with Crippen LogP contribution in [0.3, 0.4) is 0 Å². The van der Waals surface area contributed by atoms with Crippen LogP contribution in [0.5, 0.6) is 0 Å². The van der Waals surface area contributed by atoms with Crippen LogP contribution in [-0.4, -0.2) is 34.1 Å². The van der Waals surface area contributed by atoms with Crippen molar-refractivity contribution in [3.63, 3.8) is 0 Å². The van der Waals surface area contributed by atoms with Crippen molar-refractivity contribution in [2.75, 3.05) is 18.0 Å². The Balaban J connectivity index is 1.93. The van der Waals surface area contributed by atoms with Crippen molar-refractivity contribution in [3.05, 3.63) is 35.9 Å². The third kappa shape index (κ3) is 2.51. The summed E-state index contributed by atoms with van der Waals surface area (Å²) in [5.41, 5.74) is -0.798. The summed E-state index contributed by atoms with van der Waals surface area (Å²) in [6, 6.07) is 2.90. The van der Waals surface area contributed by atoms with Gasteiger partial charge in [0.2, 0.25) is 11.8 Å². The van der Waals surface area contributed by atoms with E-state index in [4.69, 9.17) is 4.52 Å². The number of carbonyl (C=O) groups excluding carboxylic acids is 1. The second-order valence-electron chi connectivity index (χ2n) is 5.38. The Labute approximate surface area is 126 Å². The number of aromatic nitrogens is 3. The highest BCUT2D eigenvalue weighted by Crippen LogP contribution is 2.33. The Morgan fingerprint density at radius 3 is 3.00 bits per heavy atom. The van der Waals surface area contributed by atoms with Crippen molar-refractivity contribution in [2.45, 2.75) is 25.8 Å². The predicted octanol–water partition coefficient (Wildman–Crippen LogP) is 1.15. The first kappa shape index (κ1) is 14.4. The number of halogens is 1. The van der Waals surface area contributed by atoms with E-state index in [2.05, 4.69) is 20.4 Å². The van der Waals surface area contributed by atoms with Gasteiger partial charge in [-0.25, -0.2) is 9.37 Å². The normalized spacial score (nSPS) is 21.1. The number of rotatable bonds is 3. The number of nitrogens with zero attached hydrogens (tertiary/aromatic N) is 4. The zero-order valence-corrected chi connectivity index (χ0v) is 12.3. The lowest BCUT2D eigenvalue weighted by atomic mass is 9.97. The van der Waals surface area contributed by atoms with E-state index in [1.165, 1.54) is 19.2 Å². The Kier molecular flexibility index (Phi) is 3.51. The summed E-state index contributed by atoms with van der Waals surface area (Å²) in [6.07, 6.45) is 2.08. The van der Waals surface area contributed by atoms with E-state index in [0.717, 1.165) is 0 Å². The van der Waals surface area contributed by atoms with Gasteiger partial charge in [-0.1, -0.05) is 5.16 Å². The standard InChI is InChI=1S/C14H16FN5O2/c1-9(21)18-14(13-17-10(2)22-19-13)5-7-20(8-14)12-11(15)4-3-6-16-12/h3-4,6H,5,7-8H2,1-2H3,(H,18,21). The van der Waals surface area contributed by atoms with Crippen LogP contribution in [0.2, 0.25) is 0 Å². The number of carbonyl (C=O) groups is 1. The lowest BCUT2D eigenvalue weighted by molar-refractivity contribution is -0.120. The molecule has 3 heterocycles. The highest BCUT2D eigenvalue weighted by Gasteiger charge is 2.45. The van der Waals surface area contributed by atoms with Crippen LogP contribution in [-0.2, 0) is 10.3 Å². The average Bonchev–Trinajstić information content (AvgIpc) is 3.06. The van der Waals surface area contributed by atoms with Crippen molar-refractivity contribution in [3.8, 4) is 0 Å². The Morgan fingerprint density at radius 2 is 2.36 bits per heavy atom. The molecule has 1 atom stereocenters. The van der Waals surface area contributed by atoms with Crippen LogP contribution in [0.25, 0.3) is 0 Å². The molecule has 1 N–H and O–H groups in total. The highest BCUT2D eigenvalue weighted by atomic mass is 19.1. The van der Waals surface area contributed by atoms with Crippen LogP contribution in [0.4, 0.5) is 10.2 Å². The molecule has 0 radical (unpaired) electrons. The Morgan fingerprint density at radius 1 is 1.55 bits per heavy atom. The fraction of sp³-hybridized carbons (Fsp3) is 0.429. The molecule has 2 aromatic heterocycles. The smallest absolute Gasteiger partial charge is 0.223 e.